The molecule has 2 aliphatic carbocycles. The zero-order valence-corrected chi connectivity index (χ0v) is 24.0. The van der Waals surface area contributed by atoms with Gasteiger partial charge < -0.3 is 24.8 Å². The third-order valence-electron chi connectivity index (χ3n) is 6.45. The molecule has 0 amide bonds. The number of fused-ring (bicyclic) bond motifs is 3. The van der Waals surface area contributed by atoms with Gasteiger partial charge in [0.25, 0.3) is 0 Å². The van der Waals surface area contributed by atoms with Crippen molar-refractivity contribution in [3.8, 4) is 11.1 Å². The average molecular weight is 533 g/mol. The van der Waals surface area contributed by atoms with Gasteiger partial charge in [-0.25, -0.2) is 0 Å². The van der Waals surface area contributed by atoms with E-state index in [0.717, 1.165) is 0 Å². The quantitative estimate of drug-likeness (QED) is 0.555. The van der Waals surface area contributed by atoms with E-state index in [1.54, 1.807) is 14.4 Å². The van der Waals surface area contributed by atoms with Gasteiger partial charge in [0.15, 0.2) is 0 Å². The van der Waals surface area contributed by atoms with Gasteiger partial charge in [-0.3, -0.25) is 0 Å². The number of hydrogen-bond donors (Lipinski definition) is 0. The van der Waals surface area contributed by atoms with Crippen molar-refractivity contribution in [2.45, 2.75) is 69.8 Å². The minimum absolute atomic E-state index is 0. The molecule has 0 N–H and O–H groups in total. The summed E-state index contributed by atoms with van der Waals surface area (Å²) in [7, 11) is 0. The monoisotopic (exact) mass is 530 g/mol. The molecule has 0 heterocycles. The summed E-state index contributed by atoms with van der Waals surface area (Å²) in [6, 6.07) is 14.7. The van der Waals surface area contributed by atoms with Crippen LogP contribution in [0.1, 0.15) is 81.3 Å². The fourth-order valence-corrected chi connectivity index (χ4v) is 9.02. The first-order valence-electron chi connectivity index (χ1n) is 10.9. The number of allylic oxidation sites excluding steroid dienone is 4. The molecule has 2 aromatic carbocycles. The number of rotatable bonds is 2. The second kappa shape index (κ2) is 9.32. The van der Waals surface area contributed by atoms with Crippen LogP contribution in [0.25, 0.3) is 11.1 Å². The Kier molecular flexibility index (Phi) is 8.01. The second-order valence-electron chi connectivity index (χ2n) is 11.0. The SMILES string of the molecule is CC1=CC(C)[C]([Zr+2][CH]2c3ccc(C(C)(C)C)cc3-c3cc(C(C)(C)C)ccc32)=C1.[Cl-].[Cl-]. The smallest absolute Gasteiger partial charge is 1.00 e. The van der Waals surface area contributed by atoms with E-state index in [9.17, 15) is 0 Å². The van der Waals surface area contributed by atoms with Crippen LogP contribution < -0.4 is 24.8 Å². The van der Waals surface area contributed by atoms with Crippen molar-refractivity contribution in [3.63, 3.8) is 0 Å². The third-order valence-corrected chi connectivity index (χ3v) is 11.0. The van der Waals surface area contributed by atoms with Gasteiger partial charge in [-0.2, -0.15) is 0 Å². The van der Waals surface area contributed by atoms with Crippen LogP contribution >= 0.6 is 0 Å². The average Bonchev–Trinajstić information content (AvgIpc) is 3.10. The molecule has 0 spiro atoms. The Morgan fingerprint density at radius 1 is 0.742 bits per heavy atom. The molecule has 0 radical (unpaired) electrons. The fourth-order valence-electron chi connectivity index (χ4n) is 4.59. The molecule has 1 unspecified atom stereocenters. The van der Waals surface area contributed by atoms with Crippen LogP contribution in [-0.2, 0) is 34.1 Å². The summed E-state index contributed by atoms with van der Waals surface area (Å²) in [5.41, 5.74) is 10.9. The van der Waals surface area contributed by atoms with Gasteiger partial charge in [0.2, 0.25) is 0 Å². The van der Waals surface area contributed by atoms with E-state index in [-0.39, 0.29) is 35.6 Å². The van der Waals surface area contributed by atoms with E-state index in [1.165, 1.54) is 27.8 Å². The maximum Gasteiger partial charge on any atom is -1.00 e. The van der Waals surface area contributed by atoms with Crippen molar-refractivity contribution in [1.82, 2.24) is 0 Å². The molecule has 0 saturated heterocycles. The van der Waals surface area contributed by atoms with E-state index in [1.807, 2.05) is 0 Å². The molecule has 2 aromatic rings. The van der Waals surface area contributed by atoms with Crippen molar-refractivity contribution < 1.29 is 48.0 Å². The molecule has 0 bridgehead atoms. The summed E-state index contributed by atoms with van der Waals surface area (Å²) in [5, 5.41) is 0. The van der Waals surface area contributed by atoms with E-state index < -0.39 is 23.2 Å². The van der Waals surface area contributed by atoms with Crippen LogP contribution in [0.2, 0.25) is 0 Å². The van der Waals surface area contributed by atoms with Crippen LogP contribution in [0.5, 0.6) is 0 Å². The molecule has 2 aliphatic rings. The molecular weight excluding hydrogens is 498 g/mol. The third kappa shape index (κ3) is 5.15. The largest absolute Gasteiger partial charge is 1.00 e. The van der Waals surface area contributed by atoms with Crippen LogP contribution in [0.4, 0.5) is 0 Å². The molecular formula is C28H34Cl2Zr. The summed E-state index contributed by atoms with van der Waals surface area (Å²) in [6.07, 6.45) is 4.93. The van der Waals surface area contributed by atoms with Gasteiger partial charge in [0.1, 0.15) is 0 Å². The number of hydrogen-bond acceptors (Lipinski definition) is 0. The van der Waals surface area contributed by atoms with Crippen molar-refractivity contribution in [2.75, 3.05) is 0 Å². The topological polar surface area (TPSA) is 0 Å². The maximum absolute atomic E-state index is 2.50. The van der Waals surface area contributed by atoms with E-state index in [2.05, 4.69) is 104 Å². The van der Waals surface area contributed by atoms with E-state index >= 15 is 0 Å². The molecule has 0 saturated carbocycles. The molecule has 0 aromatic heterocycles. The minimum atomic E-state index is -0.761. The number of halogens is 2. The number of benzene rings is 2. The summed E-state index contributed by atoms with van der Waals surface area (Å²) < 4.78 is 2.38. The summed E-state index contributed by atoms with van der Waals surface area (Å²) >= 11 is -0.761. The van der Waals surface area contributed by atoms with Gasteiger partial charge >= 0.3 is 190 Å². The summed E-state index contributed by atoms with van der Waals surface area (Å²) in [4.78, 5) is 0. The Bertz CT molecular complexity index is 968. The van der Waals surface area contributed by atoms with Gasteiger partial charge in [-0.1, -0.05) is 0 Å². The molecule has 1 atom stereocenters. The molecule has 0 aliphatic heterocycles. The second-order valence-corrected chi connectivity index (χ2v) is 14.5. The normalized spacial score (nSPS) is 17.6. The van der Waals surface area contributed by atoms with E-state index in [0.29, 0.717) is 9.54 Å². The van der Waals surface area contributed by atoms with Crippen LogP contribution in [0.3, 0.4) is 0 Å². The van der Waals surface area contributed by atoms with Crippen molar-refractivity contribution in [3.05, 3.63) is 79.7 Å². The van der Waals surface area contributed by atoms with Gasteiger partial charge in [0.05, 0.1) is 0 Å². The van der Waals surface area contributed by atoms with Gasteiger partial charge in [-0.15, -0.1) is 0 Å². The molecule has 0 nitrogen and oxygen atoms in total. The Labute approximate surface area is 213 Å². The predicted molar refractivity (Wildman–Crippen MR) is 122 cm³/mol. The Morgan fingerprint density at radius 3 is 1.55 bits per heavy atom. The Hall–Kier alpha value is -0.617. The summed E-state index contributed by atoms with van der Waals surface area (Å²) in [5.74, 6) is 0.636. The van der Waals surface area contributed by atoms with Crippen molar-refractivity contribution >= 4 is 0 Å². The molecule has 3 heteroatoms. The first-order valence-corrected chi connectivity index (χ1v) is 13.6. The van der Waals surface area contributed by atoms with Crippen LogP contribution in [0, 0.1) is 5.92 Å². The van der Waals surface area contributed by atoms with Gasteiger partial charge in [-0.05, 0) is 0 Å². The van der Waals surface area contributed by atoms with Gasteiger partial charge in [0, 0.05) is 0 Å². The predicted octanol–water partition coefficient (Wildman–Crippen LogP) is 1.92. The molecule has 0 fully saturated rings. The van der Waals surface area contributed by atoms with Crippen molar-refractivity contribution in [2.24, 2.45) is 5.92 Å². The molecule has 31 heavy (non-hydrogen) atoms. The summed E-state index contributed by atoms with van der Waals surface area (Å²) in [6.45, 7) is 18.6. The zero-order valence-electron chi connectivity index (χ0n) is 20.0. The zero-order chi connectivity index (χ0) is 21.1. The minimum Gasteiger partial charge on any atom is -1.00 e. The fraction of sp³-hybridized carbons (Fsp3) is 0.429. The molecule has 164 valence electrons. The van der Waals surface area contributed by atoms with Crippen LogP contribution in [-0.4, -0.2) is 0 Å². The first-order chi connectivity index (χ1) is 13.4. The van der Waals surface area contributed by atoms with Crippen molar-refractivity contribution in [1.29, 1.82) is 0 Å². The van der Waals surface area contributed by atoms with E-state index in [4.69, 9.17) is 0 Å². The Morgan fingerprint density at radius 2 is 1.19 bits per heavy atom. The van der Waals surface area contributed by atoms with Crippen LogP contribution in [0.15, 0.2) is 57.4 Å². The first kappa shape index (κ1) is 26.6. The standard InChI is InChI=1S/C21H25.C7H9.2ClH.Zr/c1-20(2,3)16-9-7-14-11-15-8-10-17(21(4,5)6)13-19(15)18(14)12-16;1-6-3-4-7(2)5-6;;;/h7-13H,1-6H3;3,5,7H,1-2H3;2*1H;/q;;;;+2/p-2. The maximum atomic E-state index is 2.50. The Balaban J connectivity index is 0.00000171. The molecule has 4 rings (SSSR count).